The van der Waals surface area contributed by atoms with Crippen molar-refractivity contribution in [1.29, 1.82) is 5.41 Å². The fourth-order valence-electron chi connectivity index (χ4n) is 0.754. The molecule has 0 unspecified atom stereocenters. The predicted molar refractivity (Wildman–Crippen MR) is 44.3 cm³/mol. The van der Waals surface area contributed by atoms with E-state index >= 15 is 0 Å². The van der Waals surface area contributed by atoms with Crippen molar-refractivity contribution in [1.82, 2.24) is 10.2 Å². The van der Waals surface area contributed by atoms with Gasteiger partial charge in [0.2, 0.25) is 0 Å². The van der Waals surface area contributed by atoms with Crippen LogP contribution in [0.15, 0.2) is 0 Å². The second-order valence-corrected chi connectivity index (χ2v) is 2.31. The van der Waals surface area contributed by atoms with E-state index in [-0.39, 0.29) is 0 Å². The zero-order valence-corrected chi connectivity index (χ0v) is 6.85. The van der Waals surface area contributed by atoms with E-state index < -0.39 is 0 Å². The summed E-state index contributed by atoms with van der Waals surface area (Å²) < 4.78 is 0. The van der Waals surface area contributed by atoms with Gasteiger partial charge in [0.05, 0.1) is 13.0 Å². The van der Waals surface area contributed by atoms with Crippen LogP contribution in [0, 0.1) is 5.41 Å². The van der Waals surface area contributed by atoms with Gasteiger partial charge in [0.1, 0.15) is 0 Å². The molecule has 0 aliphatic heterocycles. The van der Waals surface area contributed by atoms with Gasteiger partial charge in [0, 0.05) is 6.54 Å². The third-order valence-electron chi connectivity index (χ3n) is 1.34. The summed E-state index contributed by atoms with van der Waals surface area (Å²) in [4.78, 5) is 1.95. The maximum atomic E-state index is 7.00. The number of nitrogens with zero attached hydrogens (tertiary/aromatic N) is 1. The summed E-state index contributed by atoms with van der Waals surface area (Å²) >= 11 is 0. The lowest BCUT2D eigenvalue weighted by molar-refractivity contribution is 0.396. The Labute approximate surface area is 62.9 Å². The number of hydrogen-bond donors (Lipinski definition) is 2. The van der Waals surface area contributed by atoms with Gasteiger partial charge in [-0.3, -0.25) is 5.41 Å². The van der Waals surface area contributed by atoms with Crippen LogP contribution >= 0.6 is 0 Å². The van der Waals surface area contributed by atoms with Crippen LogP contribution in [0.4, 0.5) is 0 Å². The predicted octanol–water partition coefficient (Wildman–Crippen LogP) is 0.872. The summed E-state index contributed by atoms with van der Waals surface area (Å²) in [5, 5.41) is 10.0. The lowest BCUT2D eigenvalue weighted by Gasteiger charge is -2.17. The minimum atomic E-state index is 0.781. The molecule has 0 aromatic rings. The molecule has 0 atom stereocenters. The fraction of sp³-hybridized carbons (Fsp3) is 0.857. The third-order valence-corrected chi connectivity index (χ3v) is 1.34. The van der Waals surface area contributed by atoms with Crippen LogP contribution in [0.3, 0.4) is 0 Å². The highest BCUT2D eigenvalue weighted by Crippen LogP contribution is 1.89. The molecular weight excluding hydrogens is 126 g/mol. The molecule has 0 amide bonds. The van der Waals surface area contributed by atoms with Crippen molar-refractivity contribution in [2.75, 3.05) is 20.3 Å². The molecular formula is C7H17N3. The fourth-order valence-corrected chi connectivity index (χ4v) is 0.754. The summed E-state index contributed by atoms with van der Waals surface area (Å²) in [5.74, 6) is 0. The summed E-state index contributed by atoms with van der Waals surface area (Å²) in [7, 11) is 1.89. The Kier molecular flexibility index (Phi) is 6.18. The molecule has 0 spiro atoms. The molecule has 0 saturated heterocycles. The normalized spacial score (nSPS) is 9.40. The van der Waals surface area contributed by atoms with Crippen molar-refractivity contribution in [3.63, 3.8) is 0 Å². The molecule has 0 aromatic carbocycles. The van der Waals surface area contributed by atoms with E-state index in [1.165, 1.54) is 12.8 Å². The van der Waals surface area contributed by atoms with E-state index in [2.05, 4.69) is 12.2 Å². The Bertz CT molecular complexity index is 82.9. The highest BCUT2D eigenvalue weighted by atomic mass is 15.2. The maximum absolute atomic E-state index is 7.00. The number of unbranched alkanes of at least 4 members (excludes halogenated alkanes) is 1. The summed E-state index contributed by atoms with van der Waals surface area (Å²) in [6.45, 7) is 3.92. The van der Waals surface area contributed by atoms with Gasteiger partial charge >= 0.3 is 0 Å². The Morgan fingerprint density at radius 3 is 2.70 bits per heavy atom. The Morgan fingerprint density at radius 2 is 2.30 bits per heavy atom. The van der Waals surface area contributed by atoms with E-state index in [4.69, 9.17) is 5.41 Å². The molecule has 0 rings (SSSR count). The van der Waals surface area contributed by atoms with E-state index in [1.54, 1.807) is 0 Å². The average Bonchev–Trinajstić information content (AvgIpc) is 1.98. The standard InChI is InChI=1S/C7H17N3/c1-3-4-5-10(6-8)7-9-2/h6,8-9H,3-5,7H2,1-2H3. The molecule has 0 bridgehead atoms. The molecule has 0 aromatic heterocycles. The first kappa shape index (κ1) is 9.43. The minimum absolute atomic E-state index is 0.781. The van der Waals surface area contributed by atoms with Crippen molar-refractivity contribution < 1.29 is 0 Å². The second-order valence-electron chi connectivity index (χ2n) is 2.31. The van der Waals surface area contributed by atoms with E-state index in [0.717, 1.165) is 19.6 Å². The van der Waals surface area contributed by atoms with Crippen molar-refractivity contribution in [3.05, 3.63) is 0 Å². The SMILES string of the molecule is CCCCN(C=N)CNC. The Hall–Kier alpha value is -0.570. The van der Waals surface area contributed by atoms with Crippen LogP contribution in [0.25, 0.3) is 0 Å². The van der Waals surface area contributed by atoms with Crippen LogP contribution < -0.4 is 5.32 Å². The Balaban J connectivity index is 3.29. The second kappa shape index (κ2) is 6.55. The lowest BCUT2D eigenvalue weighted by atomic mass is 10.3. The molecule has 0 fully saturated rings. The van der Waals surface area contributed by atoms with E-state index in [1.807, 2.05) is 11.9 Å². The van der Waals surface area contributed by atoms with Crippen molar-refractivity contribution >= 4 is 6.34 Å². The quantitative estimate of drug-likeness (QED) is 0.329. The number of nitrogens with one attached hydrogen (secondary N) is 2. The molecule has 2 N–H and O–H groups in total. The van der Waals surface area contributed by atoms with E-state index in [0.29, 0.717) is 0 Å². The van der Waals surface area contributed by atoms with E-state index in [9.17, 15) is 0 Å². The van der Waals surface area contributed by atoms with Gasteiger partial charge in [0.25, 0.3) is 0 Å². The largest absolute Gasteiger partial charge is 0.350 e. The van der Waals surface area contributed by atoms with Crippen LogP contribution in [-0.2, 0) is 0 Å². The molecule has 60 valence electrons. The number of hydrogen-bond acceptors (Lipinski definition) is 2. The lowest BCUT2D eigenvalue weighted by Crippen LogP contribution is -2.31. The first-order valence-electron chi connectivity index (χ1n) is 3.74. The first-order chi connectivity index (χ1) is 4.85. The maximum Gasteiger partial charge on any atom is 0.0827 e. The average molecular weight is 143 g/mol. The summed E-state index contributed by atoms with van der Waals surface area (Å²) in [6.07, 6.45) is 3.73. The monoisotopic (exact) mass is 143 g/mol. The topological polar surface area (TPSA) is 39.1 Å². The van der Waals surface area contributed by atoms with Crippen molar-refractivity contribution in [2.45, 2.75) is 19.8 Å². The molecule has 3 nitrogen and oxygen atoms in total. The molecule has 10 heavy (non-hydrogen) atoms. The Morgan fingerprint density at radius 1 is 1.60 bits per heavy atom. The van der Waals surface area contributed by atoms with Crippen LogP contribution in [-0.4, -0.2) is 31.5 Å². The van der Waals surface area contributed by atoms with Gasteiger partial charge in [-0.15, -0.1) is 0 Å². The number of rotatable bonds is 6. The molecule has 0 saturated carbocycles. The summed E-state index contributed by atoms with van der Waals surface area (Å²) in [6, 6.07) is 0. The molecule has 0 aliphatic rings. The molecule has 3 heteroatoms. The van der Waals surface area contributed by atoms with Gasteiger partial charge in [-0.2, -0.15) is 0 Å². The van der Waals surface area contributed by atoms with Gasteiger partial charge in [0.15, 0.2) is 0 Å². The zero-order chi connectivity index (χ0) is 7.82. The highest BCUT2D eigenvalue weighted by Gasteiger charge is 1.93. The van der Waals surface area contributed by atoms with Gasteiger partial charge in [-0.05, 0) is 13.5 Å². The minimum Gasteiger partial charge on any atom is -0.350 e. The van der Waals surface area contributed by atoms with Gasteiger partial charge < -0.3 is 10.2 Å². The van der Waals surface area contributed by atoms with Crippen molar-refractivity contribution in [3.8, 4) is 0 Å². The summed E-state index contributed by atoms with van der Waals surface area (Å²) in [5.41, 5.74) is 0. The van der Waals surface area contributed by atoms with Gasteiger partial charge in [-0.1, -0.05) is 13.3 Å². The first-order valence-corrected chi connectivity index (χ1v) is 3.74. The van der Waals surface area contributed by atoms with Gasteiger partial charge in [-0.25, -0.2) is 0 Å². The highest BCUT2D eigenvalue weighted by molar-refractivity contribution is 5.50. The molecule has 0 aliphatic carbocycles. The third kappa shape index (κ3) is 4.32. The van der Waals surface area contributed by atoms with Crippen molar-refractivity contribution in [2.24, 2.45) is 0 Å². The zero-order valence-electron chi connectivity index (χ0n) is 6.85. The van der Waals surface area contributed by atoms with Crippen LogP contribution in [0.5, 0.6) is 0 Å². The smallest absolute Gasteiger partial charge is 0.0827 e. The van der Waals surface area contributed by atoms with Crippen LogP contribution in [0.1, 0.15) is 19.8 Å². The molecule has 0 radical (unpaired) electrons. The van der Waals surface area contributed by atoms with Crippen LogP contribution in [0.2, 0.25) is 0 Å². The molecule has 0 heterocycles.